The average Bonchev–Trinajstić information content (AvgIpc) is 2.71. The van der Waals surface area contributed by atoms with Gasteiger partial charge in [-0.15, -0.1) is 0 Å². The number of hydrazine groups is 1. The standard InChI is InChI=1S/C19H19F3N4O4/c1-2-30-18(29)23-11-16(27)25-26-17(28)14-5-3-4-6-15(14)24-13-9-7-12(8-10-13)19(20,21)22/h3-10,24H,2,11H2,1H3,(H,23,29)(H,25,27)(H,26,28). The van der Waals surface area contributed by atoms with Crippen LogP contribution in [0.15, 0.2) is 48.5 Å². The maximum atomic E-state index is 12.7. The van der Waals surface area contributed by atoms with Crippen LogP contribution in [0.2, 0.25) is 0 Å². The first kappa shape index (κ1) is 22.5. The Hall–Kier alpha value is -3.76. The van der Waals surface area contributed by atoms with Crippen LogP contribution in [0, 0.1) is 0 Å². The van der Waals surface area contributed by atoms with Crippen molar-refractivity contribution in [3.63, 3.8) is 0 Å². The Morgan fingerprint density at radius 3 is 2.27 bits per heavy atom. The summed E-state index contributed by atoms with van der Waals surface area (Å²) in [7, 11) is 0. The summed E-state index contributed by atoms with van der Waals surface area (Å²) >= 11 is 0. The zero-order valence-electron chi connectivity index (χ0n) is 15.8. The minimum absolute atomic E-state index is 0.135. The molecule has 0 aliphatic carbocycles. The van der Waals surface area contributed by atoms with Gasteiger partial charge < -0.3 is 15.4 Å². The van der Waals surface area contributed by atoms with E-state index in [0.717, 1.165) is 12.1 Å². The van der Waals surface area contributed by atoms with Gasteiger partial charge in [-0.3, -0.25) is 20.4 Å². The number of benzene rings is 2. The third-order valence-electron chi connectivity index (χ3n) is 3.65. The lowest BCUT2D eigenvalue weighted by atomic mass is 10.1. The molecule has 4 N–H and O–H groups in total. The van der Waals surface area contributed by atoms with E-state index in [9.17, 15) is 27.6 Å². The maximum Gasteiger partial charge on any atom is 0.416 e. The number of para-hydroxylation sites is 1. The topological polar surface area (TPSA) is 109 Å². The predicted octanol–water partition coefficient (Wildman–Crippen LogP) is 2.96. The fourth-order valence-corrected chi connectivity index (χ4v) is 2.26. The monoisotopic (exact) mass is 424 g/mol. The number of alkyl halides is 3. The smallest absolute Gasteiger partial charge is 0.416 e. The van der Waals surface area contributed by atoms with Crippen LogP contribution in [0.4, 0.5) is 29.3 Å². The van der Waals surface area contributed by atoms with Crippen LogP contribution in [-0.2, 0) is 15.7 Å². The third kappa shape index (κ3) is 6.69. The summed E-state index contributed by atoms with van der Waals surface area (Å²) in [5.74, 6) is -1.36. The number of amides is 3. The first-order chi connectivity index (χ1) is 14.2. The van der Waals surface area contributed by atoms with Crippen LogP contribution in [0.3, 0.4) is 0 Å². The highest BCUT2D eigenvalue weighted by Gasteiger charge is 2.30. The molecule has 0 spiro atoms. The maximum absolute atomic E-state index is 12.7. The van der Waals surface area contributed by atoms with E-state index >= 15 is 0 Å². The van der Waals surface area contributed by atoms with Gasteiger partial charge in [-0.25, -0.2) is 4.79 Å². The largest absolute Gasteiger partial charge is 0.450 e. The van der Waals surface area contributed by atoms with Crippen LogP contribution >= 0.6 is 0 Å². The molecule has 30 heavy (non-hydrogen) atoms. The van der Waals surface area contributed by atoms with Crippen LogP contribution in [-0.4, -0.2) is 31.1 Å². The number of alkyl carbamates (subject to hydrolysis) is 1. The summed E-state index contributed by atoms with van der Waals surface area (Å²) < 4.78 is 42.6. The van der Waals surface area contributed by atoms with E-state index in [1.807, 2.05) is 0 Å². The van der Waals surface area contributed by atoms with E-state index in [1.54, 1.807) is 25.1 Å². The van der Waals surface area contributed by atoms with Crippen molar-refractivity contribution < 1.29 is 32.3 Å². The summed E-state index contributed by atoms with van der Waals surface area (Å²) in [5.41, 5.74) is 4.32. The van der Waals surface area contributed by atoms with Crippen molar-refractivity contribution >= 4 is 29.3 Å². The lowest BCUT2D eigenvalue weighted by Crippen LogP contribution is -2.46. The molecule has 0 saturated carbocycles. The number of carbonyl (C=O) groups is 3. The van der Waals surface area contributed by atoms with E-state index in [-0.39, 0.29) is 12.2 Å². The summed E-state index contributed by atoms with van der Waals surface area (Å²) in [6, 6.07) is 10.5. The van der Waals surface area contributed by atoms with Gasteiger partial charge in [0, 0.05) is 5.69 Å². The van der Waals surface area contributed by atoms with E-state index in [1.165, 1.54) is 18.2 Å². The van der Waals surface area contributed by atoms with Gasteiger partial charge in [0.1, 0.15) is 6.54 Å². The molecule has 2 aromatic carbocycles. The number of carbonyl (C=O) groups excluding carboxylic acids is 3. The number of hydrogen-bond acceptors (Lipinski definition) is 5. The van der Waals surface area contributed by atoms with E-state index in [2.05, 4.69) is 26.2 Å². The first-order valence-corrected chi connectivity index (χ1v) is 8.74. The Kier molecular flexibility index (Phi) is 7.62. The van der Waals surface area contributed by atoms with Crippen molar-refractivity contribution in [2.75, 3.05) is 18.5 Å². The Morgan fingerprint density at radius 2 is 1.63 bits per heavy atom. The normalized spacial score (nSPS) is 10.7. The van der Waals surface area contributed by atoms with Crippen molar-refractivity contribution in [2.45, 2.75) is 13.1 Å². The SMILES string of the molecule is CCOC(=O)NCC(=O)NNC(=O)c1ccccc1Nc1ccc(C(F)(F)F)cc1. The number of ether oxygens (including phenoxy) is 1. The quantitative estimate of drug-likeness (QED) is 0.534. The third-order valence-corrected chi connectivity index (χ3v) is 3.65. The van der Waals surface area contributed by atoms with Gasteiger partial charge in [0.2, 0.25) is 0 Å². The van der Waals surface area contributed by atoms with Crippen molar-refractivity contribution in [3.8, 4) is 0 Å². The lowest BCUT2D eigenvalue weighted by Gasteiger charge is -2.14. The Morgan fingerprint density at radius 1 is 0.967 bits per heavy atom. The number of hydrogen-bond donors (Lipinski definition) is 4. The summed E-state index contributed by atoms with van der Waals surface area (Å²) in [4.78, 5) is 35.2. The molecule has 8 nitrogen and oxygen atoms in total. The van der Waals surface area contributed by atoms with Crippen molar-refractivity contribution in [1.29, 1.82) is 0 Å². The van der Waals surface area contributed by atoms with Crippen LogP contribution in [0.1, 0.15) is 22.8 Å². The van der Waals surface area contributed by atoms with Crippen molar-refractivity contribution in [3.05, 3.63) is 59.7 Å². The molecule has 2 rings (SSSR count). The molecular weight excluding hydrogens is 405 g/mol. The summed E-state index contributed by atoms with van der Waals surface area (Å²) in [6.07, 6.45) is -5.22. The van der Waals surface area contributed by atoms with Crippen LogP contribution in [0.5, 0.6) is 0 Å². The fourth-order valence-electron chi connectivity index (χ4n) is 2.26. The second-order valence-electron chi connectivity index (χ2n) is 5.82. The second kappa shape index (κ2) is 10.1. The first-order valence-electron chi connectivity index (χ1n) is 8.74. The minimum atomic E-state index is -4.45. The summed E-state index contributed by atoms with van der Waals surface area (Å²) in [6.45, 7) is 1.34. The molecule has 0 fully saturated rings. The molecule has 160 valence electrons. The minimum Gasteiger partial charge on any atom is -0.450 e. The fraction of sp³-hybridized carbons (Fsp3) is 0.211. The molecule has 0 aliphatic rings. The molecule has 2 aromatic rings. The Balaban J connectivity index is 1.98. The second-order valence-corrected chi connectivity index (χ2v) is 5.82. The highest BCUT2D eigenvalue weighted by atomic mass is 19.4. The molecule has 0 aromatic heterocycles. The molecule has 0 aliphatic heterocycles. The molecular formula is C19H19F3N4O4. The molecule has 0 unspecified atom stereocenters. The molecule has 3 amide bonds. The van der Waals surface area contributed by atoms with Gasteiger partial charge in [0.05, 0.1) is 23.4 Å². The zero-order chi connectivity index (χ0) is 22.1. The number of nitrogens with one attached hydrogen (secondary N) is 4. The van der Waals surface area contributed by atoms with Crippen molar-refractivity contribution in [1.82, 2.24) is 16.2 Å². The van der Waals surface area contributed by atoms with E-state index in [0.29, 0.717) is 11.4 Å². The number of rotatable bonds is 6. The molecule has 0 bridgehead atoms. The predicted molar refractivity (Wildman–Crippen MR) is 102 cm³/mol. The lowest BCUT2D eigenvalue weighted by molar-refractivity contribution is -0.137. The van der Waals surface area contributed by atoms with Gasteiger partial charge in [-0.1, -0.05) is 12.1 Å². The Bertz CT molecular complexity index is 901. The van der Waals surface area contributed by atoms with E-state index in [4.69, 9.17) is 0 Å². The zero-order valence-corrected chi connectivity index (χ0v) is 15.8. The van der Waals surface area contributed by atoms with Gasteiger partial charge in [0.15, 0.2) is 0 Å². The van der Waals surface area contributed by atoms with Gasteiger partial charge in [-0.2, -0.15) is 13.2 Å². The molecule has 0 atom stereocenters. The molecule has 11 heteroatoms. The van der Waals surface area contributed by atoms with Crippen molar-refractivity contribution in [2.24, 2.45) is 0 Å². The highest BCUT2D eigenvalue weighted by Crippen LogP contribution is 2.30. The molecule has 0 saturated heterocycles. The van der Waals surface area contributed by atoms with Crippen LogP contribution < -0.4 is 21.5 Å². The average molecular weight is 424 g/mol. The van der Waals surface area contributed by atoms with E-state index < -0.39 is 36.2 Å². The highest BCUT2D eigenvalue weighted by molar-refractivity contribution is 6.01. The van der Waals surface area contributed by atoms with Gasteiger partial charge in [-0.05, 0) is 43.3 Å². The molecule has 0 radical (unpaired) electrons. The Labute approximate surface area is 169 Å². The van der Waals surface area contributed by atoms with Gasteiger partial charge in [0.25, 0.3) is 11.8 Å². The van der Waals surface area contributed by atoms with Crippen LogP contribution in [0.25, 0.3) is 0 Å². The summed E-state index contributed by atoms with van der Waals surface area (Å²) in [5, 5.41) is 5.05. The molecule has 0 heterocycles. The van der Waals surface area contributed by atoms with Gasteiger partial charge >= 0.3 is 12.3 Å². The number of anilines is 2. The number of halogens is 3.